The fraction of sp³-hybridized carbons (Fsp3) is 0.765. The van der Waals surface area contributed by atoms with Crippen LogP contribution in [-0.4, -0.2) is 114 Å². The molecule has 1 aromatic heterocycles. The van der Waals surface area contributed by atoms with Crippen LogP contribution in [0.4, 0.5) is 0 Å². The van der Waals surface area contributed by atoms with E-state index >= 15 is 0 Å². The molecule has 1 N–H and O–H groups in total. The largest absolute Gasteiger partial charge is 0.481 e. The molecule has 1 heterocycles. The van der Waals surface area contributed by atoms with E-state index < -0.39 is 28.9 Å². The van der Waals surface area contributed by atoms with E-state index in [9.17, 15) is 29.1 Å². The van der Waals surface area contributed by atoms with Crippen molar-refractivity contribution >= 4 is 29.5 Å². The maximum Gasteiger partial charge on any atom is 0.309 e. The summed E-state index contributed by atoms with van der Waals surface area (Å²) in [5, 5.41) is 9.70. The number of rotatable bonds is 15. The van der Waals surface area contributed by atoms with Crippen LogP contribution < -0.4 is 0 Å². The van der Waals surface area contributed by atoms with Crippen LogP contribution in [0.3, 0.4) is 0 Å². The molecule has 4 saturated carbocycles. The maximum absolute atomic E-state index is 14.7. The first-order valence-electron chi connectivity index (χ1n) is 23.6. The van der Waals surface area contributed by atoms with Crippen LogP contribution >= 0.6 is 0 Å². The van der Waals surface area contributed by atoms with E-state index in [-0.39, 0.29) is 76.8 Å². The number of allylic oxidation sites excluding steroid dienone is 1. The molecule has 5 aliphatic rings. The second-order valence-corrected chi connectivity index (χ2v) is 23.0. The third kappa shape index (κ3) is 8.65. The van der Waals surface area contributed by atoms with Gasteiger partial charge in [-0.3, -0.25) is 33.9 Å². The van der Waals surface area contributed by atoms with Crippen molar-refractivity contribution < 1.29 is 38.6 Å². The molecule has 12 heteroatoms. The molecule has 0 radical (unpaired) electrons. The summed E-state index contributed by atoms with van der Waals surface area (Å²) in [7, 11) is 6.99. The van der Waals surface area contributed by atoms with Gasteiger partial charge < -0.3 is 24.4 Å². The predicted molar refractivity (Wildman–Crippen MR) is 242 cm³/mol. The first kappa shape index (κ1) is 48.8. The van der Waals surface area contributed by atoms with Crippen molar-refractivity contribution in [2.45, 2.75) is 145 Å². The number of esters is 1. The van der Waals surface area contributed by atoms with Gasteiger partial charge in [0.25, 0.3) is 0 Å². The van der Waals surface area contributed by atoms with Gasteiger partial charge >= 0.3 is 11.9 Å². The number of ether oxygens (including phenoxy) is 2. The highest BCUT2D eigenvalue weighted by Crippen LogP contribution is 2.77. The lowest BCUT2D eigenvalue weighted by molar-refractivity contribution is -0.236. The molecule has 4 fully saturated rings. The minimum absolute atomic E-state index is 0.00697. The number of amides is 2. The molecule has 63 heavy (non-hydrogen) atoms. The molecule has 0 spiro atoms. The SMILES string of the molecule is CC(C)C1=C2C3CCC4C5(C)CCC(OC(=O)CC(C)(C)C(=O)O)C(C)(C)C5CCC4(C)C3(C)CCC2(C(CN(CC(=O)N(C)C)Cc2cccnc2)OCC(=O)N(C)C)CC1=O. The van der Waals surface area contributed by atoms with Crippen LogP contribution in [0.5, 0.6) is 0 Å². The smallest absolute Gasteiger partial charge is 0.309 e. The molecular formula is C51H78N4O8. The summed E-state index contributed by atoms with van der Waals surface area (Å²) in [6.45, 7) is 20.4. The summed E-state index contributed by atoms with van der Waals surface area (Å²) in [6, 6.07) is 3.91. The molecule has 0 aliphatic heterocycles. The average Bonchev–Trinajstić information content (AvgIpc) is 3.50. The Balaban J connectivity index is 1.36. The van der Waals surface area contributed by atoms with Gasteiger partial charge in [-0.1, -0.05) is 60.1 Å². The lowest BCUT2D eigenvalue weighted by Gasteiger charge is -2.72. The summed E-state index contributed by atoms with van der Waals surface area (Å²) >= 11 is 0. The number of carbonyl (C=O) groups is 5. The topological polar surface area (TPSA) is 147 Å². The number of hydrogen-bond donors (Lipinski definition) is 1. The van der Waals surface area contributed by atoms with Crippen LogP contribution in [0.2, 0.25) is 0 Å². The predicted octanol–water partition coefficient (Wildman–Crippen LogP) is 7.84. The number of fused-ring (bicyclic) bond motifs is 7. The van der Waals surface area contributed by atoms with Crippen molar-refractivity contribution in [2.24, 2.45) is 56.2 Å². The fourth-order valence-electron chi connectivity index (χ4n) is 14.1. The lowest BCUT2D eigenvalue weighted by atomic mass is 9.33. The number of hydrogen-bond acceptors (Lipinski definition) is 9. The van der Waals surface area contributed by atoms with Crippen molar-refractivity contribution in [3.63, 3.8) is 0 Å². The van der Waals surface area contributed by atoms with Crippen LogP contribution in [0.25, 0.3) is 0 Å². The fourth-order valence-corrected chi connectivity index (χ4v) is 14.1. The molecule has 1 aromatic rings. The van der Waals surface area contributed by atoms with Crippen molar-refractivity contribution in [2.75, 3.05) is 47.9 Å². The number of likely N-dealkylation sites (N-methyl/N-ethyl adjacent to an activating group) is 2. The molecule has 6 rings (SSSR count). The summed E-state index contributed by atoms with van der Waals surface area (Å²) in [4.78, 5) is 76.2. The van der Waals surface area contributed by atoms with Gasteiger partial charge in [-0.15, -0.1) is 0 Å². The highest BCUT2D eigenvalue weighted by atomic mass is 16.5. The van der Waals surface area contributed by atoms with Gasteiger partial charge in [-0.25, -0.2) is 0 Å². The molecular weight excluding hydrogens is 797 g/mol. The Bertz CT molecular complexity index is 1960. The zero-order valence-corrected chi connectivity index (χ0v) is 40.8. The second kappa shape index (κ2) is 17.6. The number of carboxylic acid groups (broad SMARTS) is 1. The number of Topliss-reactive ketones (excluding diaryl/α,β-unsaturated/α-hetero) is 1. The number of pyridine rings is 1. The van der Waals surface area contributed by atoms with Gasteiger partial charge in [-0.05, 0) is 122 Å². The minimum Gasteiger partial charge on any atom is -0.481 e. The number of nitrogens with zero attached hydrogens (tertiary/aromatic N) is 4. The first-order valence-corrected chi connectivity index (χ1v) is 23.6. The third-order valence-electron chi connectivity index (χ3n) is 17.8. The Morgan fingerprint density at radius 1 is 0.889 bits per heavy atom. The monoisotopic (exact) mass is 875 g/mol. The summed E-state index contributed by atoms with van der Waals surface area (Å²) in [5.74, 6) is -0.566. The van der Waals surface area contributed by atoms with E-state index in [1.807, 2.05) is 18.3 Å². The quantitative estimate of drug-likeness (QED) is 0.173. The zero-order chi connectivity index (χ0) is 46.7. The Kier molecular flexibility index (Phi) is 13.7. The Morgan fingerprint density at radius 2 is 1.57 bits per heavy atom. The van der Waals surface area contributed by atoms with Gasteiger partial charge in [0.1, 0.15) is 12.7 Å². The van der Waals surface area contributed by atoms with Crippen LogP contribution in [0, 0.1) is 56.2 Å². The van der Waals surface area contributed by atoms with Gasteiger partial charge in [0, 0.05) is 70.9 Å². The Morgan fingerprint density at radius 3 is 2.17 bits per heavy atom. The van der Waals surface area contributed by atoms with Gasteiger partial charge in [0.15, 0.2) is 5.78 Å². The average molecular weight is 875 g/mol. The van der Waals surface area contributed by atoms with Gasteiger partial charge in [-0.2, -0.15) is 0 Å². The first-order chi connectivity index (χ1) is 29.2. The normalized spacial score (nSPS) is 32.9. The van der Waals surface area contributed by atoms with Gasteiger partial charge in [0.05, 0.1) is 24.5 Å². The summed E-state index contributed by atoms with van der Waals surface area (Å²) < 4.78 is 13.1. The van der Waals surface area contributed by atoms with E-state index in [2.05, 4.69) is 58.4 Å². The molecule has 9 atom stereocenters. The zero-order valence-electron chi connectivity index (χ0n) is 40.8. The summed E-state index contributed by atoms with van der Waals surface area (Å²) in [5.41, 5.74) is 0.867. The molecule has 12 nitrogen and oxygen atoms in total. The number of ketones is 1. The van der Waals surface area contributed by atoms with E-state index in [1.165, 1.54) is 5.57 Å². The third-order valence-corrected chi connectivity index (χ3v) is 17.8. The van der Waals surface area contributed by atoms with Crippen molar-refractivity contribution in [3.8, 4) is 0 Å². The second-order valence-electron chi connectivity index (χ2n) is 23.0. The summed E-state index contributed by atoms with van der Waals surface area (Å²) in [6.07, 6.45) is 10.2. The Labute approximate surface area is 377 Å². The van der Waals surface area contributed by atoms with Crippen LogP contribution in [0.15, 0.2) is 35.7 Å². The minimum atomic E-state index is -1.20. The number of carboxylic acids is 1. The molecule has 9 unspecified atom stereocenters. The van der Waals surface area contributed by atoms with Gasteiger partial charge in [0.2, 0.25) is 11.8 Å². The van der Waals surface area contributed by atoms with Crippen molar-refractivity contribution in [3.05, 3.63) is 41.2 Å². The molecule has 0 bridgehead atoms. The van der Waals surface area contributed by atoms with Crippen molar-refractivity contribution in [1.29, 1.82) is 0 Å². The van der Waals surface area contributed by atoms with Crippen LogP contribution in [-0.2, 0) is 40.0 Å². The van der Waals surface area contributed by atoms with E-state index in [0.29, 0.717) is 31.3 Å². The number of aromatic nitrogens is 1. The Hall–Kier alpha value is -3.64. The highest BCUT2D eigenvalue weighted by Gasteiger charge is 2.71. The molecule has 350 valence electrons. The molecule has 0 saturated heterocycles. The number of aliphatic carboxylic acids is 1. The molecule has 0 aromatic carbocycles. The number of carbonyl (C=O) groups excluding carboxylic acids is 4. The van der Waals surface area contributed by atoms with E-state index in [1.54, 1.807) is 58.0 Å². The van der Waals surface area contributed by atoms with E-state index in [0.717, 1.165) is 62.5 Å². The highest BCUT2D eigenvalue weighted by molar-refractivity contribution is 6.01. The van der Waals surface area contributed by atoms with E-state index in [4.69, 9.17) is 9.47 Å². The van der Waals surface area contributed by atoms with Crippen molar-refractivity contribution in [1.82, 2.24) is 19.7 Å². The molecule has 2 amide bonds. The standard InChI is InChI=1S/C51H78N4O8/c1-32(2)43-35(56)25-51(39(62-31-41(58)54(12)13)29-55(30-40(57)53(10)11)28-33-15-14-24-52-27-33)23-22-49(8)34(44(43)51)16-17-37-48(7)20-19-38(63-42(59)26-46(3,4)45(60)61)47(5,6)36(48)18-21-50(37,49)9/h14-15,24,27,32,34,36-39H,16-23,25-26,28-31H2,1-13H3,(H,60,61). The molecule has 5 aliphatic carbocycles. The maximum atomic E-state index is 14.7. The van der Waals surface area contributed by atoms with Crippen LogP contribution in [0.1, 0.15) is 132 Å². The lowest BCUT2D eigenvalue weighted by Crippen LogP contribution is -2.66.